The number of nitrogens with zero attached hydrogens (tertiary/aromatic N) is 5. The molecule has 0 unspecified atom stereocenters. The first-order valence-corrected chi connectivity index (χ1v) is 12.7. The van der Waals surface area contributed by atoms with E-state index in [2.05, 4.69) is 36.2 Å². The number of piperidine rings is 1. The van der Waals surface area contributed by atoms with Gasteiger partial charge in [-0.15, -0.1) is 0 Å². The van der Waals surface area contributed by atoms with Crippen molar-refractivity contribution in [2.24, 2.45) is 11.8 Å². The van der Waals surface area contributed by atoms with E-state index in [0.717, 1.165) is 87.2 Å². The Kier molecular flexibility index (Phi) is 5.83. The van der Waals surface area contributed by atoms with Crippen LogP contribution in [-0.4, -0.2) is 62.3 Å². The number of hydrogen-bond donors (Lipinski definition) is 2. The molecule has 1 aromatic carbocycles. The fraction of sp³-hybridized carbons (Fsp3) is 0.500. The number of fused-ring (bicyclic) bond motifs is 2. The molecule has 1 aliphatic carbocycles. The molecule has 182 valence electrons. The summed E-state index contributed by atoms with van der Waals surface area (Å²) in [6.07, 6.45) is 8.91. The van der Waals surface area contributed by atoms with Gasteiger partial charge in [-0.2, -0.15) is 0 Å². The Bertz CT molecular complexity index is 1230. The molecule has 2 N–H and O–H groups in total. The van der Waals surface area contributed by atoms with Crippen molar-refractivity contribution < 1.29 is 9.59 Å². The first kappa shape index (κ1) is 22.0. The SMILES string of the molecule is O=C(NC1CCC(CN2Cc3ccccc3C2=O)CC1)C1CCN(c2ncnc3nc[nH]c23)CC1. The Balaban J connectivity index is 0.960. The molecule has 2 aliphatic heterocycles. The summed E-state index contributed by atoms with van der Waals surface area (Å²) in [6, 6.07) is 8.16. The van der Waals surface area contributed by atoms with Gasteiger partial charge in [-0.25, -0.2) is 15.0 Å². The monoisotopic (exact) mass is 473 g/mol. The minimum Gasteiger partial charge on any atom is -0.355 e. The highest BCUT2D eigenvalue weighted by Crippen LogP contribution is 2.30. The number of aromatic amines is 1. The predicted octanol–water partition coefficient (Wildman–Crippen LogP) is 2.90. The molecule has 2 aromatic heterocycles. The van der Waals surface area contributed by atoms with E-state index in [1.807, 2.05) is 23.1 Å². The Morgan fingerprint density at radius 1 is 1.03 bits per heavy atom. The van der Waals surface area contributed by atoms with Gasteiger partial charge in [0.25, 0.3) is 5.91 Å². The minimum absolute atomic E-state index is 0.0452. The van der Waals surface area contributed by atoms with Crippen molar-refractivity contribution >= 4 is 28.8 Å². The molecule has 0 spiro atoms. The lowest BCUT2D eigenvalue weighted by Gasteiger charge is -2.35. The molecule has 0 atom stereocenters. The molecule has 35 heavy (non-hydrogen) atoms. The van der Waals surface area contributed by atoms with Crippen molar-refractivity contribution in [2.45, 2.75) is 51.1 Å². The molecule has 3 aliphatic rings. The summed E-state index contributed by atoms with van der Waals surface area (Å²) in [7, 11) is 0. The summed E-state index contributed by atoms with van der Waals surface area (Å²) < 4.78 is 0. The Morgan fingerprint density at radius 2 is 1.83 bits per heavy atom. The van der Waals surface area contributed by atoms with E-state index in [1.165, 1.54) is 0 Å². The second-order valence-corrected chi connectivity index (χ2v) is 10.1. The number of amides is 2. The number of aromatic nitrogens is 4. The Morgan fingerprint density at radius 3 is 2.63 bits per heavy atom. The molecule has 6 rings (SSSR count). The van der Waals surface area contributed by atoms with Crippen LogP contribution in [0.25, 0.3) is 11.2 Å². The first-order chi connectivity index (χ1) is 17.2. The highest BCUT2D eigenvalue weighted by Gasteiger charge is 2.32. The number of nitrogens with one attached hydrogen (secondary N) is 2. The summed E-state index contributed by atoms with van der Waals surface area (Å²) in [5.41, 5.74) is 3.52. The number of anilines is 1. The van der Waals surface area contributed by atoms with E-state index in [0.29, 0.717) is 11.6 Å². The van der Waals surface area contributed by atoms with Gasteiger partial charge < -0.3 is 20.1 Å². The molecular formula is C26H31N7O2. The number of carbonyl (C=O) groups is 2. The highest BCUT2D eigenvalue weighted by molar-refractivity contribution is 5.98. The Hall–Kier alpha value is -3.49. The van der Waals surface area contributed by atoms with Crippen LogP contribution in [-0.2, 0) is 11.3 Å². The molecule has 2 amide bonds. The topological polar surface area (TPSA) is 107 Å². The second-order valence-electron chi connectivity index (χ2n) is 10.1. The van der Waals surface area contributed by atoms with E-state index >= 15 is 0 Å². The van der Waals surface area contributed by atoms with Gasteiger partial charge in [-0.3, -0.25) is 9.59 Å². The maximum Gasteiger partial charge on any atom is 0.254 e. The fourth-order valence-corrected chi connectivity index (χ4v) is 5.93. The number of H-pyrrole nitrogens is 1. The second kappa shape index (κ2) is 9.28. The molecule has 1 saturated carbocycles. The summed E-state index contributed by atoms with van der Waals surface area (Å²) in [5, 5.41) is 3.33. The quantitative estimate of drug-likeness (QED) is 0.590. The van der Waals surface area contributed by atoms with Crippen LogP contribution < -0.4 is 10.2 Å². The van der Waals surface area contributed by atoms with Crippen LogP contribution in [0.5, 0.6) is 0 Å². The van der Waals surface area contributed by atoms with Crippen LogP contribution in [0.1, 0.15) is 54.4 Å². The molecule has 3 aromatic rings. The summed E-state index contributed by atoms with van der Waals surface area (Å²) in [5.74, 6) is 1.77. The van der Waals surface area contributed by atoms with Crippen LogP contribution in [0, 0.1) is 11.8 Å². The van der Waals surface area contributed by atoms with E-state index in [9.17, 15) is 9.59 Å². The van der Waals surface area contributed by atoms with Crippen LogP contribution >= 0.6 is 0 Å². The Labute approximate surface area is 204 Å². The van der Waals surface area contributed by atoms with Crippen LogP contribution in [0.15, 0.2) is 36.9 Å². The van der Waals surface area contributed by atoms with E-state index in [-0.39, 0.29) is 23.8 Å². The maximum atomic E-state index is 13.0. The lowest BCUT2D eigenvalue weighted by Crippen LogP contribution is -2.45. The van der Waals surface area contributed by atoms with Gasteiger partial charge in [-0.1, -0.05) is 18.2 Å². The zero-order valence-corrected chi connectivity index (χ0v) is 19.8. The normalized spacial score (nSPS) is 23.0. The van der Waals surface area contributed by atoms with Gasteiger partial charge in [0, 0.05) is 43.7 Å². The summed E-state index contributed by atoms with van der Waals surface area (Å²) in [6.45, 7) is 3.13. The lowest BCUT2D eigenvalue weighted by atomic mass is 9.85. The molecule has 9 heteroatoms. The lowest BCUT2D eigenvalue weighted by molar-refractivity contribution is -0.126. The third kappa shape index (κ3) is 4.35. The summed E-state index contributed by atoms with van der Waals surface area (Å²) >= 11 is 0. The number of imidazole rings is 1. The summed E-state index contributed by atoms with van der Waals surface area (Å²) in [4.78, 5) is 45.8. The van der Waals surface area contributed by atoms with Crippen molar-refractivity contribution in [2.75, 3.05) is 24.5 Å². The maximum absolute atomic E-state index is 13.0. The van der Waals surface area contributed by atoms with Crippen molar-refractivity contribution in [1.82, 2.24) is 30.2 Å². The molecule has 9 nitrogen and oxygen atoms in total. The average Bonchev–Trinajstić information content (AvgIpc) is 3.50. The molecular weight excluding hydrogens is 442 g/mol. The molecule has 4 heterocycles. The number of hydrogen-bond acceptors (Lipinski definition) is 6. The third-order valence-corrected chi connectivity index (χ3v) is 7.94. The van der Waals surface area contributed by atoms with Gasteiger partial charge in [0.15, 0.2) is 11.5 Å². The number of rotatable bonds is 5. The molecule has 2 fully saturated rings. The van der Waals surface area contributed by atoms with Crippen LogP contribution in [0.2, 0.25) is 0 Å². The van der Waals surface area contributed by atoms with E-state index in [1.54, 1.807) is 12.7 Å². The zero-order valence-electron chi connectivity index (χ0n) is 19.8. The van der Waals surface area contributed by atoms with Crippen LogP contribution in [0.3, 0.4) is 0 Å². The minimum atomic E-state index is 0.0452. The third-order valence-electron chi connectivity index (χ3n) is 7.94. The van der Waals surface area contributed by atoms with Gasteiger partial charge >= 0.3 is 0 Å². The van der Waals surface area contributed by atoms with Gasteiger partial charge in [-0.05, 0) is 56.1 Å². The van der Waals surface area contributed by atoms with Gasteiger partial charge in [0.2, 0.25) is 5.91 Å². The first-order valence-electron chi connectivity index (χ1n) is 12.7. The standard InChI is InChI=1S/C26H31N7O2/c34-25(18-9-11-32(12-10-18)24-22-23(28-15-27-22)29-16-30-24)31-20-7-5-17(6-8-20)13-33-14-19-3-1-2-4-21(19)26(33)35/h1-4,15-18,20H,5-14H2,(H,31,34)(H,27,28,29,30). The average molecular weight is 474 g/mol. The smallest absolute Gasteiger partial charge is 0.254 e. The molecule has 0 bridgehead atoms. The van der Waals surface area contributed by atoms with E-state index in [4.69, 9.17) is 0 Å². The number of carbonyl (C=O) groups excluding carboxylic acids is 2. The van der Waals surface area contributed by atoms with Gasteiger partial charge in [0.1, 0.15) is 11.8 Å². The molecule has 0 radical (unpaired) electrons. The van der Waals surface area contributed by atoms with Crippen LogP contribution in [0.4, 0.5) is 5.82 Å². The highest BCUT2D eigenvalue weighted by atomic mass is 16.2. The van der Waals surface area contributed by atoms with Crippen molar-refractivity contribution in [3.63, 3.8) is 0 Å². The van der Waals surface area contributed by atoms with Gasteiger partial charge in [0.05, 0.1) is 6.33 Å². The van der Waals surface area contributed by atoms with Crippen molar-refractivity contribution in [3.05, 3.63) is 48.0 Å². The largest absolute Gasteiger partial charge is 0.355 e. The number of benzene rings is 1. The fourth-order valence-electron chi connectivity index (χ4n) is 5.93. The van der Waals surface area contributed by atoms with E-state index < -0.39 is 0 Å². The zero-order chi connectivity index (χ0) is 23.8. The van der Waals surface area contributed by atoms with Crippen molar-refractivity contribution in [3.8, 4) is 0 Å². The van der Waals surface area contributed by atoms with Crippen molar-refractivity contribution in [1.29, 1.82) is 0 Å². The predicted molar refractivity (Wildman–Crippen MR) is 132 cm³/mol. The molecule has 1 saturated heterocycles.